The minimum Gasteiger partial charge on any atom is -0.352 e. The first-order valence-corrected chi connectivity index (χ1v) is 10.3. The zero-order valence-corrected chi connectivity index (χ0v) is 15.4. The van der Waals surface area contributed by atoms with E-state index in [2.05, 4.69) is 22.2 Å². The summed E-state index contributed by atoms with van der Waals surface area (Å²) in [5, 5.41) is 3.37. The quantitative estimate of drug-likeness (QED) is 0.581. The van der Waals surface area contributed by atoms with Gasteiger partial charge < -0.3 is 10.3 Å². The van der Waals surface area contributed by atoms with E-state index in [9.17, 15) is 9.59 Å². The van der Waals surface area contributed by atoms with E-state index < -0.39 is 0 Å². The van der Waals surface area contributed by atoms with Gasteiger partial charge in [-0.1, -0.05) is 37.9 Å². The Labute approximate surface area is 145 Å². The Morgan fingerprint density at radius 3 is 2.87 bits per heavy atom. The molecule has 0 spiro atoms. The lowest BCUT2D eigenvalue weighted by atomic mass is 9.95. The maximum atomic E-state index is 12.3. The van der Waals surface area contributed by atoms with Crippen molar-refractivity contribution < 1.29 is 4.79 Å². The van der Waals surface area contributed by atoms with Gasteiger partial charge in [0.2, 0.25) is 5.91 Å². The summed E-state index contributed by atoms with van der Waals surface area (Å²) in [5.41, 5.74) is 0.608. The summed E-state index contributed by atoms with van der Waals surface area (Å²) in [7, 11) is 0. The van der Waals surface area contributed by atoms with E-state index in [1.807, 2.05) is 6.92 Å². The summed E-state index contributed by atoms with van der Waals surface area (Å²) in [6, 6.07) is 1.83. The van der Waals surface area contributed by atoms with Gasteiger partial charge in [-0.25, -0.2) is 4.98 Å². The van der Waals surface area contributed by atoms with Crippen molar-refractivity contribution in [1.29, 1.82) is 0 Å². The fraction of sp³-hybridized carbons (Fsp3) is 0.688. The van der Waals surface area contributed by atoms with Crippen LogP contribution in [0.3, 0.4) is 0 Å². The van der Waals surface area contributed by atoms with Crippen molar-refractivity contribution in [3.8, 4) is 0 Å². The molecule has 1 aliphatic carbocycles. The molecule has 1 amide bonds. The van der Waals surface area contributed by atoms with Crippen LogP contribution >= 0.6 is 23.5 Å². The highest BCUT2D eigenvalue weighted by Crippen LogP contribution is 2.22. The Morgan fingerprint density at radius 2 is 2.17 bits per heavy atom. The molecule has 0 radical (unpaired) electrons. The number of hydrogen-bond acceptors (Lipinski definition) is 5. The summed E-state index contributed by atoms with van der Waals surface area (Å²) in [6.07, 6.45) is 5.80. The van der Waals surface area contributed by atoms with Crippen LogP contribution < -0.4 is 10.9 Å². The third kappa shape index (κ3) is 6.22. The molecule has 1 fully saturated rings. The highest BCUT2D eigenvalue weighted by atomic mass is 32.2. The summed E-state index contributed by atoms with van der Waals surface area (Å²) in [5.74, 6) is 1.73. The maximum absolute atomic E-state index is 12.3. The largest absolute Gasteiger partial charge is 0.352 e. The van der Waals surface area contributed by atoms with Crippen LogP contribution in [0.1, 0.15) is 51.6 Å². The molecule has 1 aliphatic rings. The Balaban J connectivity index is 1.92. The van der Waals surface area contributed by atoms with Crippen molar-refractivity contribution in [1.82, 2.24) is 15.3 Å². The molecule has 2 rings (SSSR count). The lowest BCUT2D eigenvalue weighted by Crippen LogP contribution is -2.40. The van der Waals surface area contributed by atoms with Crippen molar-refractivity contribution in [2.75, 3.05) is 5.75 Å². The number of aromatic amines is 1. The van der Waals surface area contributed by atoms with Gasteiger partial charge in [0, 0.05) is 17.9 Å². The van der Waals surface area contributed by atoms with E-state index in [4.69, 9.17) is 0 Å². The molecular formula is C16H25N3O2S2. The van der Waals surface area contributed by atoms with Gasteiger partial charge in [-0.2, -0.15) is 11.8 Å². The third-order valence-electron chi connectivity index (χ3n) is 3.84. The van der Waals surface area contributed by atoms with Gasteiger partial charge in [-0.05, 0) is 25.5 Å². The Kier molecular flexibility index (Phi) is 7.49. The first kappa shape index (κ1) is 18.4. The molecule has 128 valence electrons. The average molecular weight is 356 g/mol. The highest BCUT2D eigenvalue weighted by Gasteiger charge is 2.21. The summed E-state index contributed by atoms with van der Waals surface area (Å²) in [6.45, 7) is 3.93. The molecule has 5 nitrogen and oxygen atoms in total. The minimum atomic E-state index is -0.269. The lowest BCUT2D eigenvalue weighted by molar-refractivity contribution is -0.121. The monoisotopic (exact) mass is 355 g/mol. The molecule has 23 heavy (non-hydrogen) atoms. The van der Waals surface area contributed by atoms with E-state index in [1.54, 1.807) is 11.8 Å². The van der Waals surface area contributed by atoms with Crippen LogP contribution in [0.2, 0.25) is 0 Å². The number of carbonyl (C=O) groups is 1. The normalized spacial score (nSPS) is 17.0. The number of thioether (sulfide) groups is 2. The Hall–Kier alpha value is -0.950. The second kappa shape index (κ2) is 9.37. The number of aromatic nitrogens is 2. The number of nitrogens with zero attached hydrogens (tertiary/aromatic N) is 1. The van der Waals surface area contributed by atoms with Crippen molar-refractivity contribution >= 4 is 29.4 Å². The molecule has 1 saturated carbocycles. The highest BCUT2D eigenvalue weighted by molar-refractivity contribution is 8.00. The molecule has 1 aromatic heterocycles. The van der Waals surface area contributed by atoms with Crippen molar-refractivity contribution in [2.45, 2.75) is 68.2 Å². The number of hydrogen-bond donors (Lipinski definition) is 2. The molecular weight excluding hydrogens is 330 g/mol. The molecule has 0 aromatic carbocycles. The van der Waals surface area contributed by atoms with Crippen LogP contribution in [0.5, 0.6) is 0 Å². The molecule has 1 aromatic rings. The predicted molar refractivity (Wildman–Crippen MR) is 97.0 cm³/mol. The van der Waals surface area contributed by atoms with Gasteiger partial charge in [-0.3, -0.25) is 9.59 Å². The molecule has 7 heteroatoms. The summed E-state index contributed by atoms with van der Waals surface area (Å²) >= 11 is 3.04. The van der Waals surface area contributed by atoms with Crippen LogP contribution in [0.15, 0.2) is 16.0 Å². The lowest BCUT2D eigenvalue weighted by Gasteiger charge is -2.24. The Bertz CT molecular complexity index is 571. The molecule has 0 aliphatic heterocycles. The zero-order valence-electron chi connectivity index (χ0n) is 13.8. The van der Waals surface area contributed by atoms with Crippen LogP contribution in [-0.2, 0) is 10.5 Å². The van der Waals surface area contributed by atoms with Crippen LogP contribution in [0.4, 0.5) is 0 Å². The van der Waals surface area contributed by atoms with Crippen molar-refractivity contribution in [2.24, 2.45) is 0 Å². The summed E-state index contributed by atoms with van der Waals surface area (Å²) in [4.78, 5) is 31.2. The number of nitrogens with one attached hydrogen (secondary N) is 2. The fourth-order valence-electron chi connectivity index (χ4n) is 2.61. The number of amides is 1. The first-order chi connectivity index (χ1) is 11.1. The van der Waals surface area contributed by atoms with Gasteiger partial charge >= 0.3 is 0 Å². The van der Waals surface area contributed by atoms with Gasteiger partial charge in [0.15, 0.2) is 5.16 Å². The van der Waals surface area contributed by atoms with E-state index >= 15 is 0 Å². The number of carbonyl (C=O) groups excluding carboxylic acids is 1. The Morgan fingerprint density at radius 1 is 1.43 bits per heavy atom. The minimum absolute atomic E-state index is 0.0258. The second-order valence-electron chi connectivity index (χ2n) is 5.78. The number of rotatable bonds is 7. The molecule has 0 bridgehead atoms. The smallest absolute Gasteiger partial charge is 0.251 e. The van der Waals surface area contributed by atoms with Crippen molar-refractivity contribution in [3.05, 3.63) is 22.1 Å². The SMILES string of the molecule is CCSCc1cc(=O)[nH]c(SC(C)C(=O)NC2CCCCC2)n1. The van der Waals surface area contributed by atoms with Gasteiger partial charge in [0.05, 0.1) is 10.9 Å². The standard InChI is InChI=1S/C16H25N3O2S2/c1-3-22-10-13-9-14(20)19-16(18-13)23-11(2)15(21)17-12-7-5-4-6-8-12/h9,11-12H,3-8,10H2,1-2H3,(H,17,21)(H,18,19,20). The van der Waals surface area contributed by atoms with Crippen LogP contribution in [0.25, 0.3) is 0 Å². The average Bonchev–Trinajstić information content (AvgIpc) is 2.53. The molecule has 1 heterocycles. The molecule has 0 saturated heterocycles. The molecule has 1 atom stereocenters. The van der Waals surface area contributed by atoms with E-state index in [0.717, 1.165) is 30.0 Å². The number of H-pyrrole nitrogens is 1. The topological polar surface area (TPSA) is 74.8 Å². The predicted octanol–water partition coefficient (Wildman–Crippen LogP) is 2.95. The first-order valence-electron chi connectivity index (χ1n) is 8.23. The molecule has 1 unspecified atom stereocenters. The van der Waals surface area contributed by atoms with Gasteiger partial charge in [0.25, 0.3) is 5.56 Å². The van der Waals surface area contributed by atoms with Gasteiger partial charge in [0.1, 0.15) is 0 Å². The van der Waals surface area contributed by atoms with Gasteiger partial charge in [-0.15, -0.1) is 0 Å². The van der Waals surface area contributed by atoms with Crippen LogP contribution in [0, 0.1) is 0 Å². The summed E-state index contributed by atoms with van der Waals surface area (Å²) < 4.78 is 0. The zero-order chi connectivity index (χ0) is 16.7. The van der Waals surface area contributed by atoms with Crippen LogP contribution in [-0.4, -0.2) is 32.9 Å². The van der Waals surface area contributed by atoms with E-state index in [1.165, 1.54) is 37.1 Å². The van der Waals surface area contributed by atoms with E-state index in [-0.39, 0.29) is 16.7 Å². The second-order valence-corrected chi connectivity index (χ2v) is 8.39. The third-order valence-corrected chi connectivity index (χ3v) is 5.73. The molecule has 2 N–H and O–H groups in total. The fourth-order valence-corrected chi connectivity index (χ4v) is 4.01. The van der Waals surface area contributed by atoms with Crippen molar-refractivity contribution in [3.63, 3.8) is 0 Å². The maximum Gasteiger partial charge on any atom is 0.251 e. The van der Waals surface area contributed by atoms with E-state index in [0.29, 0.717) is 11.2 Å².